The molecule has 1 aromatic carbocycles. The zero-order chi connectivity index (χ0) is 19.8. The molecule has 0 radical (unpaired) electrons. The summed E-state index contributed by atoms with van der Waals surface area (Å²) in [5.41, 5.74) is 11.4. The molecule has 0 bridgehead atoms. The van der Waals surface area contributed by atoms with Crippen molar-refractivity contribution in [2.45, 2.75) is 57.2 Å². The third-order valence-electron chi connectivity index (χ3n) is 6.48. The lowest BCUT2D eigenvalue weighted by Crippen LogP contribution is -2.52. The number of hydrogen-bond acceptors (Lipinski definition) is 5. The van der Waals surface area contributed by atoms with Crippen LogP contribution in [0.3, 0.4) is 0 Å². The lowest BCUT2D eigenvalue weighted by molar-refractivity contribution is 0.0757. The highest BCUT2D eigenvalue weighted by Crippen LogP contribution is 2.41. The van der Waals surface area contributed by atoms with Crippen LogP contribution in [0.2, 0.25) is 0 Å². The minimum absolute atomic E-state index is 0.0598. The van der Waals surface area contributed by atoms with Gasteiger partial charge in [-0.1, -0.05) is 28.9 Å². The Hall–Kier alpha value is -2.37. The second-order valence-corrected chi connectivity index (χ2v) is 8.57. The summed E-state index contributed by atoms with van der Waals surface area (Å²) in [6, 6.07) is 8.80. The first kappa shape index (κ1) is 18.6. The minimum Gasteiger partial charge on any atom is -0.484 e. The lowest BCUT2D eigenvalue weighted by Gasteiger charge is -2.38. The van der Waals surface area contributed by atoms with E-state index in [2.05, 4.69) is 47.3 Å². The SMILES string of the molecule is Cc1ccc(O[C@@H]2C3=C(C=CCC3)C[C@H]2N2CCC[C@@H](N)C2)c(-c2ccno2)c1. The minimum atomic E-state index is 0.0598. The molecule has 2 N–H and O–H groups in total. The van der Waals surface area contributed by atoms with Gasteiger partial charge in [-0.05, 0) is 68.9 Å². The number of likely N-dealkylation sites (tertiary alicyclic amines) is 1. The molecule has 5 heteroatoms. The van der Waals surface area contributed by atoms with Crippen LogP contribution in [0, 0.1) is 6.92 Å². The summed E-state index contributed by atoms with van der Waals surface area (Å²) < 4.78 is 12.3. The first-order chi connectivity index (χ1) is 14.2. The Morgan fingerprint density at radius 1 is 1.28 bits per heavy atom. The molecule has 29 heavy (non-hydrogen) atoms. The average Bonchev–Trinajstić information content (AvgIpc) is 3.38. The molecule has 0 saturated carbocycles. The average molecular weight is 392 g/mol. The molecule has 5 nitrogen and oxygen atoms in total. The van der Waals surface area contributed by atoms with Crippen LogP contribution in [0.5, 0.6) is 5.75 Å². The number of aromatic nitrogens is 1. The summed E-state index contributed by atoms with van der Waals surface area (Å²) in [7, 11) is 0. The largest absolute Gasteiger partial charge is 0.484 e. The maximum atomic E-state index is 6.79. The predicted octanol–water partition coefficient (Wildman–Crippen LogP) is 4.24. The smallest absolute Gasteiger partial charge is 0.170 e. The molecule has 1 aromatic heterocycles. The molecule has 1 aliphatic heterocycles. The van der Waals surface area contributed by atoms with Crippen LogP contribution in [0.15, 0.2) is 58.3 Å². The Morgan fingerprint density at radius 3 is 3.03 bits per heavy atom. The summed E-state index contributed by atoms with van der Waals surface area (Å²) in [4.78, 5) is 2.56. The van der Waals surface area contributed by atoms with Crippen molar-refractivity contribution in [2.24, 2.45) is 5.73 Å². The Labute approximate surface area is 172 Å². The molecule has 2 aromatic rings. The maximum absolute atomic E-state index is 6.79. The van der Waals surface area contributed by atoms with Crippen molar-refractivity contribution in [1.82, 2.24) is 10.1 Å². The fraction of sp³-hybridized carbons (Fsp3) is 0.458. The Kier molecular flexibility index (Phi) is 5.02. The van der Waals surface area contributed by atoms with E-state index in [1.165, 1.54) is 23.1 Å². The van der Waals surface area contributed by atoms with Crippen LogP contribution in [-0.4, -0.2) is 41.3 Å². The number of ether oxygens (including phenoxy) is 1. The van der Waals surface area contributed by atoms with E-state index in [4.69, 9.17) is 15.0 Å². The molecular formula is C24H29N3O2. The fourth-order valence-corrected chi connectivity index (χ4v) is 5.06. The summed E-state index contributed by atoms with van der Waals surface area (Å²) in [5.74, 6) is 1.61. The van der Waals surface area contributed by atoms with E-state index < -0.39 is 0 Å². The summed E-state index contributed by atoms with van der Waals surface area (Å²) in [5, 5.41) is 3.89. The highest BCUT2D eigenvalue weighted by Gasteiger charge is 2.41. The normalized spacial score (nSPS) is 27.3. The topological polar surface area (TPSA) is 64.5 Å². The van der Waals surface area contributed by atoms with Crippen LogP contribution in [-0.2, 0) is 0 Å². The van der Waals surface area contributed by atoms with Gasteiger partial charge in [0, 0.05) is 18.7 Å². The second kappa shape index (κ2) is 7.81. The molecule has 5 rings (SSSR count). The van der Waals surface area contributed by atoms with E-state index in [9.17, 15) is 0 Å². The first-order valence-corrected chi connectivity index (χ1v) is 10.8. The van der Waals surface area contributed by atoms with Gasteiger partial charge in [0.15, 0.2) is 5.76 Å². The number of nitrogens with zero attached hydrogens (tertiary/aromatic N) is 2. The number of hydrogen-bond donors (Lipinski definition) is 1. The van der Waals surface area contributed by atoms with Crippen molar-refractivity contribution in [3.63, 3.8) is 0 Å². The van der Waals surface area contributed by atoms with Crippen LogP contribution in [0.25, 0.3) is 11.3 Å². The molecule has 2 heterocycles. The molecule has 1 fully saturated rings. The van der Waals surface area contributed by atoms with E-state index in [0.717, 1.165) is 55.8 Å². The molecule has 1 saturated heterocycles. The van der Waals surface area contributed by atoms with Crippen LogP contribution in [0.1, 0.15) is 37.7 Å². The van der Waals surface area contributed by atoms with Crippen molar-refractivity contribution in [2.75, 3.05) is 13.1 Å². The lowest BCUT2D eigenvalue weighted by atomic mass is 9.97. The molecule has 3 atom stereocenters. The zero-order valence-corrected chi connectivity index (χ0v) is 17.0. The first-order valence-electron chi connectivity index (χ1n) is 10.8. The Morgan fingerprint density at radius 2 is 2.21 bits per heavy atom. The van der Waals surface area contributed by atoms with Gasteiger partial charge in [0.1, 0.15) is 11.9 Å². The molecule has 152 valence electrons. The van der Waals surface area contributed by atoms with Gasteiger partial charge in [-0.25, -0.2) is 0 Å². The van der Waals surface area contributed by atoms with Crippen LogP contribution < -0.4 is 10.5 Å². The van der Waals surface area contributed by atoms with Gasteiger partial charge in [0.05, 0.1) is 17.8 Å². The third-order valence-corrected chi connectivity index (χ3v) is 6.48. The maximum Gasteiger partial charge on any atom is 0.170 e. The predicted molar refractivity (Wildman–Crippen MR) is 114 cm³/mol. The van der Waals surface area contributed by atoms with E-state index in [-0.39, 0.29) is 12.1 Å². The number of benzene rings is 1. The van der Waals surface area contributed by atoms with Gasteiger partial charge in [-0.2, -0.15) is 0 Å². The van der Waals surface area contributed by atoms with Crippen molar-refractivity contribution >= 4 is 0 Å². The fourth-order valence-electron chi connectivity index (χ4n) is 5.06. The standard InChI is InChI=1S/C24H29N3O2/c1-16-8-9-22(20(13-16)23-10-11-26-29-23)28-24-19-7-3-2-5-17(19)14-21(24)27-12-4-6-18(25)15-27/h2,5,8-11,13,18,21,24H,3-4,6-7,12,14-15,25H2,1H3/t18-,21-,24-/m1/s1. The van der Waals surface area contributed by atoms with E-state index in [1.807, 2.05) is 6.07 Å². The van der Waals surface area contributed by atoms with E-state index in [1.54, 1.807) is 6.20 Å². The van der Waals surface area contributed by atoms with Gasteiger partial charge in [0.2, 0.25) is 0 Å². The third kappa shape index (κ3) is 3.65. The van der Waals surface area contributed by atoms with E-state index >= 15 is 0 Å². The highest BCUT2D eigenvalue weighted by molar-refractivity contribution is 5.66. The van der Waals surface area contributed by atoms with Crippen molar-refractivity contribution < 1.29 is 9.26 Å². The number of allylic oxidation sites excluding steroid dienone is 2. The summed E-state index contributed by atoms with van der Waals surface area (Å²) >= 11 is 0. The molecule has 0 amide bonds. The molecule has 0 unspecified atom stereocenters. The van der Waals surface area contributed by atoms with Crippen molar-refractivity contribution in [3.8, 4) is 17.1 Å². The molecule has 3 aliphatic rings. The quantitative estimate of drug-likeness (QED) is 0.845. The Bertz CT molecular complexity index is 932. The number of aryl methyl sites for hydroxylation is 1. The van der Waals surface area contributed by atoms with Gasteiger partial charge < -0.3 is 15.0 Å². The summed E-state index contributed by atoms with van der Waals surface area (Å²) in [6.07, 6.45) is 11.9. The number of rotatable bonds is 4. The van der Waals surface area contributed by atoms with Gasteiger partial charge in [-0.15, -0.1) is 0 Å². The Balaban J connectivity index is 1.49. The van der Waals surface area contributed by atoms with Gasteiger partial charge >= 0.3 is 0 Å². The monoisotopic (exact) mass is 391 g/mol. The van der Waals surface area contributed by atoms with Crippen molar-refractivity contribution in [1.29, 1.82) is 0 Å². The van der Waals surface area contributed by atoms with Crippen LogP contribution in [0.4, 0.5) is 0 Å². The van der Waals surface area contributed by atoms with Gasteiger partial charge in [0.25, 0.3) is 0 Å². The highest BCUT2D eigenvalue weighted by atomic mass is 16.5. The van der Waals surface area contributed by atoms with Gasteiger partial charge in [-0.3, -0.25) is 4.90 Å². The van der Waals surface area contributed by atoms with Crippen LogP contribution >= 0.6 is 0 Å². The van der Waals surface area contributed by atoms with E-state index in [0.29, 0.717) is 6.04 Å². The molecule has 2 aliphatic carbocycles. The molecular weight excluding hydrogens is 362 g/mol. The second-order valence-electron chi connectivity index (χ2n) is 8.57. The summed E-state index contributed by atoms with van der Waals surface area (Å²) in [6.45, 7) is 4.15. The van der Waals surface area contributed by atoms with Crippen molar-refractivity contribution in [3.05, 3.63) is 59.3 Å². The molecule has 0 spiro atoms. The zero-order valence-electron chi connectivity index (χ0n) is 17.0. The number of nitrogens with two attached hydrogens (primary N) is 1. The number of piperidine rings is 1.